The second-order valence-electron chi connectivity index (χ2n) is 4.15. The number of nitrogens with zero attached hydrogens (tertiary/aromatic N) is 2. The second kappa shape index (κ2) is 8.65. The van der Waals surface area contributed by atoms with Gasteiger partial charge in [-0.15, -0.1) is 0 Å². The van der Waals surface area contributed by atoms with E-state index in [2.05, 4.69) is 27.9 Å². The molecule has 1 unspecified atom stereocenters. The summed E-state index contributed by atoms with van der Waals surface area (Å²) in [5.41, 5.74) is 1.11. The zero-order valence-electron chi connectivity index (χ0n) is 10.4. The highest BCUT2D eigenvalue weighted by molar-refractivity contribution is 6.99. The highest BCUT2D eigenvalue weighted by Gasteiger charge is 2.12. The zero-order chi connectivity index (χ0) is 11.6. The van der Waals surface area contributed by atoms with Gasteiger partial charge < -0.3 is 5.32 Å². The smallest absolute Gasteiger partial charge is 0.0912 e. The molecule has 0 aliphatic rings. The zero-order valence-corrected chi connectivity index (χ0v) is 11.2. The van der Waals surface area contributed by atoms with Crippen molar-refractivity contribution < 1.29 is 0 Å². The Labute approximate surface area is 103 Å². The van der Waals surface area contributed by atoms with Crippen LogP contribution in [0, 0.1) is 0 Å². The fraction of sp³-hybridized carbons (Fsp3) is 0.833. The molecule has 1 atom stereocenters. The first-order chi connectivity index (χ1) is 7.88. The molecule has 0 spiro atoms. The normalized spacial score (nSPS) is 12.9. The quantitative estimate of drug-likeness (QED) is 0.672. The van der Waals surface area contributed by atoms with E-state index < -0.39 is 0 Å². The maximum absolute atomic E-state index is 4.32. The van der Waals surface area contributed by atoms with Crippen LogP contribution in [0.1, 0.15) is 64.1 Å². The lowest BCUT2D eigenvalue weighted by atomic mass is 10.0. The third-order valence-electron chi connectivity index (χ3n) is 2.78. The predicted octanol–water partition coefficient (Wildman–Crippen LogP) is 3.55. The fourth-order valence-corrected chi connectivity index (χ4v) is 2.35. The van der Waals surface area contributed by atoms with Crippen LogP contribution in [0.25, 0.3) is 0 Å². The van der Waals surface area contributed by atoms with Crippen molar-refractivity contribution in [1.82, 2.24) is 14.1 Å². The molecule has 0 aliphatic carbocycles. The molecule has 0 amide bonds. The van der Waals surface area contributed by atoms with E-state index in [1.54, 1.807) is 0 Å². The minimum absolute atomic E-state index is 0.408. The van der Waals surface area contributed by atoms with Crippen molar-refractivity contribution in [3.05, 3.63) is 11.9 Å². The Bertz CT molecular complexity index is 249. The molecule has 0 fully saturated rings. The van der Waals surface area contributed by atoms with Gasteiger partial charge in [-0.3, -0.25) is 0 Å². The monoisotopic (exact) mass is 241 g/mol. The van der Waals surface area contributed by atoms with Gasteiger partial charge in [-0.2, -0.15) is 8.75 Å². The van der Waals surface area contributed by atoms with Crippen LogP contribution < -0.4 is 5.32 Å². The number of unbranched alkanes of at least 4 members (excludes halogenated alkanes) is 4. The number of hydrogen-bond donors (Lipinski definition) is 1. The summed E-state index contributed by atoms with van der Waals surface area (Å²) < 4.78 is 8.39. The van der Waals surface area contributed by atoms with Gasteiger partial charge in [0, 0.05) is 0 Å². The van der Waals surface area contributed by atoms with Crippen molar-refractivity contribution in [2.45, 2.75) is 58.4 Å². The first-order valence-electron chi connectivity index (χ1n) is 6.39. The standard InChI is InChI=1S/C12H23N3S/c1-3-5-6-7-8-9-11(13-4-2)12-10-14-16-15-12/h10-11,13H,3-9H2,1-2H3. The van der Waals surface area contributed by atoms with E-state index in [4.69, 9.17) is 0 Å². The molecule has 0 aliphatic heterocycles. The molecule has 1 aromatic rings. The van der Waals surface area contributed by atoms with E-state index in [9.17, 15) is 0 Å². The summed E-state index contributed by atoms with van der Waals surface area (Å²) in [5, 5.41) is 3.48. The van der Waals surface area contributed by atoms with Gasteiger partial charge in [0.1, 0.15) is 0 Å². The number of rotatable bonds is 9. The largest absolute Gasteiger partial charge is 0.309 e. The Morgan fingerprint density at radius 1 is 1.25 bits per heavy atom. The van der Waals surface area contributed by atoms with Crippen LogP contribution in [0.5, 0.6) is 0 Å². The Morgan fingerprint density at radius 3 is 2.69 bits per heavy atom. The van der Waals surface area contributed by atoms with Crippen LogP contribution in [-0.4, -0.2) is 15.3 Å². The summed E-state index contributed by atoms with van der Waals surface area (Å²) in [7, 11) is 0. The van der Waals surface area contributed by atoms with E-state index in [1.165, 1.54) is 50.3 Å². The van der Waals surface area contributed by atoms with Crippen LogP contribution in [0.4, 0.5) is 0 Å². The van der Waals surface area contributed by atoms with Crippen molar-refractivity contribution in [1.29, 1.82) is 0 Å². The lowest BCUT2D eigenvalue weighted by molar-refractivity contribution is 0.472. The van der Waals surface area contributed by atoms with Crippen molar-refractivity contribution in [3.8, 4) is 0 Å². The van der Waals surface area contributed by atoms with Crippen molar-refractivity contribution in [3.63, 3.8) is 0 Å². The Morgan fingerprint density at radius 2 is 2.06 bits per heavy atom. The van der Waals surface area contributed by atoms with E-state index in [1.807, 2.05) is 6.20 Å². The van der Waals surface area contributed by atoms with Gasteiger partial charge in [0.15, 0.2) is 0 Å². The molecule has 0 saturated carbocycles. The SMILES string of the molecule is CCCCCCCC(NCC)c1cnsn1. The summed E-state index contributed by atoms with van der Waals surface area (Å²) in [6, 6.07) is 0.408. The molecular weight excluding hydrogens is 218 g/mol. The third-order valence-corrected chi connectivity index (χ3v) is 3.27. The van der Waals surface area contributed by atoms with Crippen molar-refractivity contribution in [2.24, 2.45) is 0 Å². The van der Waals surface area contributed by atoms with E-state index >= 15 is 0 Å². The average molecular weight is 241 g/mol. The maximum atomic E-state index is 4.32. The van der Waals surface area contributed by atoms with Crippen LogP contribution in [0.15, 0.2) is 6.20 Å². The van der Waals surface area contributed by atoms with Gasteiger partial charge in [0.25, 0.3) is 0 Å². The summed E-state index contributed by atoms with van der Waals surface area (Å²) in [4.78, 5) is 0. The van der Waals surface area contributed by atoms with E-state index in [-0.39, 0.29) is 0 Å². The van der Waals surface area contributed by atoms with Crippen LogP contribution in [-0.2, 0) is 0 Å². The van der Waals surface area contributed by atoms with Crippen molar-refractivity contribution >= 4 is 11.7 Å². The summed E-state index contributed by atoms with van der Waals surface area (Å²) in [6.07, 6.45) is 9.75. The molecule has 1 aromatic heterocycles. The van der Waals surface area contributed by atoms with E-state index in [0.29, 0.717) is 6.04 Å². The van der Waals surface area contributed by atoms with Crippen LogP contribution >= 0.6 is 11.7 Å². The first kappa shape index (κ1) is 13.6. The number of hydrogen-bond acceptors (Lipinski definition) is 4. The molecule has 0 saturated heterocycles. The third kappa shape index (κ3) is 5.03. The maximum Gasteiger partial charge on any atom is 0.0912 e. The fourth-order valence-electron chi connectivity index (χ4n) is 1.88. The van der Waals surface area contributed by atoms with Gasteiger partial charge in [-0.05, 0) is 13.0 Å². The predicted molar refractivity (Wildman–Crippen MR) is 69.7 cm³/mol. The lowest BCUT2D eigenvalue weighted by Gasteiger charge is -2.14. The van der Waals surface area contributed by atoms with Gasteiger partial charge in [0.05, 0.1) is 29.7 Å². The molecule has 0 radical (unpaired) electrons. The molecule has 1 N–H and O–H groups in total. The minimum Gasteiger partial charge on any atom is -0.309 e. The molecule has 1 rings (SSSR count). The molecule has 92 valence electrons. The van der Waals surface area contributed by atoms with Crippen LogP contribution in [0.2, 0.25) is 0 Å². The molecule has 0 bridgehead atoms. The average Bonchev–Trinajstić information content (AvgIpc) is 2.81. The summed E-state index contributed by atoms with van der Waals surface area (Å²) in [6.45, 7) is 5.39. The number of nitrogens with one attached hydrogen (secondary N) is 1. The van der Waals surface area contributed by atoms with Crippen molar-refractivity contribution in [2.75, 3.05) is 6.54 Å². The van der Waals surface area contributed by atoms with Gasteiger partial charge in [-0.25, -0.2) is 0 Å². The Hall–Kier alpha value is -0.480. The lowest BCUT2D eigenvalue weighted by Crippen LogP contribution is -2.21. The van der Waals surface area contributed by atoms with Crippen LogP contribution in [0.3, 0.4) is 0 Å². The molecular formula is C12H23N3S. The van der Waals surface area contributed by atoms with E-state index in [0.717, 1.165) is 12.2 Å². The molecule has 0 aromatic carbocycles. The molecule has 3 nitrogen and oxygen atoms in total. The first-order valence-corrected chi connectivity index (χ1v) is 7.12. The minimum atomic E-state index is 0.408. The summed E-state index contributed by atoms with van der Waals surface area (Å²) >= 11 is 1.30. The van der Waals surface area contributed by atoms with Gasteiger partial charge in [0.2, 0.25) is 0 Å². The molecule has 16 heavy (non-hydrogen) atoms. The second-order valence-corrected chi connectivity index (χ2v) is 4.70. The number of aromatic nitrogens is 2. The van der Waals surface area contributed by atoms with Gasteiger partial charge in [-0.1, -0.05) is 46.0 Å². The van der Waals surface area contributed by atoms with Gasteiger partial charge >= 0.3 is 0 Å². The Kier molecular flexibility index (Phi) is 7.34. The highest BCUT2D eigenvalue weighted by Crippen LogP contribution is 2.18. The summed E-state index contributed by atoms with van der Waals surface area (Å²) in [5.74, 6) is 0. The Balaban J connectivity index is 2.24. The topological polar surface area (TPSA) is 37.8 Å². The highest BCUT2D eigenvalue weighted by atomic mass is 32.1. The molecule has 1 heterocycles. The molecule has 4 heteroatoms.